The summed E-state index contributed by atoms with van der Waals surface area (Å²) >= 11 is 6.40. The van der Waals surface area contributed by atoms with Gasteiger partial charge >= 0.3 is 18.2 Å². The molecular weight excluding hydrogens is 734 g/mol. The van der Waals surface area contributed by atoms with E-state index in [9.17, 15) is 24.0 Å². The van der Waals surface area contributed by atoms with Crippen molar-refractivity contribution in [1.82, 2.24) is 24.5 Å². The van der Waals surface area contributed by atoms with Crippen LogP contribution in [-0.4, -0.2) is 120 Å². The summed E-state index contributed by atoms with van der Waals surface area (Å²) in [5, 5.41) is 0.438. The smallest absolute Gasteiger partial charge is 0.410 e. The lowest BCUT2D eigenvalue weighted by atomic mass is 10.1. The SMILES string of the molecule is CCCCCN(CCCCC)C(=O)N1CCN(C(=O)N(c2ccccc2)c2cccc(Cl)c2)C(C(=O)N(C)CCN(CC(N)=O)C(=O)OCc2ccccc2)C1. The maximum absolute atomic E-state index is 14.8. The van der Waals surface area contributed by atoms with Crippen LogP contribution in [0.15, 0.2) is 84.9 Å². The largest absolute Gasteiger partial charge is 0.445 e. The lowest BCUT2D eigenvalue weighted by molar-refractivity contribution is -0.136. The Morgan fingerprint density at radius 3 is 1.98 bits per heavy atom. The number of carbonyl (C=O) groups excluding carboxylic acids is 5. The van der Waals surface area contributed by atoms with Crippen LogP contribution < -0.4 is 10.6 Å². The highest BCUT2D eigenvalue weighted by atomic mass is 35.5. The summed E-state index contributed by atoms with van der Waals surface area (Å²) in [6.07, 6.45) is 5.03. The van der Waals surface area contributed by atoms with Gasteiger partial charge in [0.2, 0.25) is 11.8 Å². The minimum atomic E-state index is -1.07. The second-order valence-electron chi connectivity index (χ2n) is 14.0. The molecule has 1 heterocycles. The summed E-state index contributed by atoms with van der Waals surface area (Å²) in [6, 6.07) is 23.4. The number of nitrogens with two attached hydrogens (primary N) is 1. The van der Waals surface area contributed by atoms with E-state index in [1.807, 2.05) is 53.4 Å². The lowest BCUT2D eigenvalue weighted by Gasteiger charge is -2.44. The fourth-order valence-corrected chi connectivity index (χ4v) is 6.75. The Hall–Kier alpha value is -5.30. The van der Waals surface area contributed by atoms with Crippen molar-refractivity contribution in [3.05, 3.63) is 95.5 Å². The molecule has 13 nitrogen and oxygen atoms in total. The van der Waals surface area contributed by atoms with Crippen LogP contribution in [0.3, 0.4) is 0 Å². The number of rotatable bonds is 18. The van der Waals surface area contributed by atoms with E-state index >= 15 is 0 Å². The standard InChI is InChI=1S/C42H56ClN7O6/c1-4-6-14-23-46(24-15-7-5-2)40(53)47-27-28-49(41(54)50(35-20-12-9-13-21-35)36-22-16-19-34(43)29-36)37(30-47)39(52)45(3)25-26-48(31-38(44)51)42(55)56-32-33-17-10-8-11-18-33/h8-13,16-22,29,37H,4-7,14-15,23-28,30-32H2,1-3H3,(H2,44,51). The summed E-state index contributed by atoms with van der Waals surface area (Å²) in [4.78, 5) is 77.7. The molecule has 1 aliphatic heterocycles. The third-order valence-corrected chi connectivity index (χ3v) is 9.91. The van der Waals surface area contributed by atoms with Gasteiger partial charge in [0.1, 0.15) is 19.2 Å². The summed E-state index contributed by atoms with van der Waals surface area (Å²) in [5.74, 6) is -1.17. The van der Waals surface area contributed by atoms with Crippen LogP contribution in [0.25, 0.3) is 0 Å². The van der Waals surface area contributed by atoms with Crippen molar-refractivity contribution in [2.75, 3.05) is 64.3 Å². The van der Waals surface area contributed by atoms with Gasteiger partial charge in [-0.15, -0.1) is 0 Å². The summed E-state index contributed by atoms with van der Waals surface area (Å²) in [6.45, 7) is 5.26. The molecule has 0 saturated carbocycles. The van der Waals surface area contributed by atoms with Gasteiger partial charge in [0.25, 0.3) is 0 Å². The van der Waals surface area contributed by atoms with Crippen LogP contribution in [0.4, 0.5) is 25.8 Å². The molecule has 1 atom stereocenters. The van der Waals surface area contributed by atoms with Crippen molar-refractivity contribution in [2.24, 2.45) is 5.73 Å². The van der Waals surface area contributed by atoms with Gasteiger partial charge in [0, 0.05) is 51.3 Å². The lowest BCUT2D eigenvalue weighted by Crippen LogP contribution is -2.64. The molecule has 7 amide bonds. The van der Waals surface area contributed by atoms with E-state index in [0.717, 1.165) is 49.0 Å². The number of urea groups is 2. The zero-order chi connectivity index (χ0) is 40.5. The van der Waals surface area contributed by atoms with Crippen molar-refractivity contribution in [1.29, 1.82) is 0 Å². The highest BCUT2D eigenvalue weighted by Gasteiger charge is 2.41. The summed E-state index contributed by atoms with van der Waals surface area (Å²) in [5.41, 5.74) is 7.34. The number of hydrogen-bond donors (Lipinski definition) is 1. The molecule has 3 aromatic rings. The number of primary amides is 1. The van der Waals surface area contributed by atoms with E-state index < -0.39 is 36.5 Å². The maximum Gasteiger partial charge on any atom is 0.410 e. The molecule has 0 aliphatic carbocycles. The van der Waals surface area contributed by atoms with Gasteiger partial charge in [0.05, 0.1) is 17.9 Å². The number of halogens is 1. The van der Waals surface area contributed by atoms with Crippen molar-refractivity contribution >= 4 is 52.9 Å². The third kappa shape index (κ3) is 12.6. The number of likely N-dealkylation sites (N-methyl/N-ethyl adjacent to an activating group) is 1. The molecule has 0 aromatic heterocycles. The number of anilines is 2. The van der Waals surface area contributed by atoms with Crippen molar-refractivity contribution < 1.29 is 28.7 Å². The predicted molar refractivity (Wildman–Crippen MR) is 219 cm³/mol. The van der Waals surface area contributed by atoms with E-state index in [-0.39, 0.29) is 45.4 Å². The Labute approximate surface area is 335 Å². The van der Waals surface area contributed by atoms with Gasteiger partial charge in [-0.1, -0.05) is 106 Å². The first-order chi connectivity index (χ1) is 27.0. The molecule has 1 saturated heterocycles. The first kappa shape index (κ1) is 43.4. The minimum Gasteiger partial charge on any atom is -0.445 e. The second kappa shape index (κ2) is 22.3. The van der Waals surface area contributed by atoms with Gasteiger partial charge in [-0.25, -0.2) is 14.4 Å². The third-order valence-electron chi connectivity index (χ3n) is 9.68. The van der Waals surface area contributed by atoms with Gasteiger partial charge in [-0.05, 0) is 48.7 Å². The number of piperazine rings is 1. The van der Waals surface area contributed by atoms with E-state index in [2.05, 4.69) is 13.8 Å². The highest BCUT2D eigenvalue weighted by Crippen LogP contribution is 2.30. The Morgan fingerprint density at radius 1 is 0.750 bits per heavy atom. The number of nitrogens with zero attached hydrogens (tertiary/aromatic N) is 6. The van der Waals surface area contributed by atoms with Crippen molar-refractivity contribution in [3.63, 3.8) is 0 Å². The van der Waals surface area contributed by atoms with E-state index in [1.165, 1.54) is 14.7 Å². The molecular formula is C42H56ClN7O6. The average molecular weight is 790 g/mol. The molecule has 1 aliphatic rings. The molecule has 4 rings (SSSR count). The molecule has 3 aromatic carbocycles. The highest BCUT2D eigenvalue weighted by molar-refractivity contribution is 6.31. The van der Waals surface area contributed by atoms with Crippen LogP contribution >= 0.6 is 11.6 Å². The first-order valence-electron chi connectivity index (χ1n) is 19.5. The normalized spacial score (nSPS) is 13.8. The Bertz CT molecular complexity index is 1720. The Kier molecular flexibility index (Phi) is 17.3. The zero-order valence-electron chi connectivity index (χ0n) is 32.9. The zero-order valence-corrected chi connectivity index (χ0v) is 33.6. The Balaban J connectivity index is 1.61. The molecule has 0 bridgehead atoms. The topological polar surface area (TPSA) is 140 Å². The van der Waals surface area contributed by atoms with Crippen LogP contribution in [0.5, 0.6) is 0 Å². The number of para-hydroxylation sites is 1. The number of amides is 7. The van der Waals surface area contributed by atoms with Gasteiger partial charge < -0.3 is 30.1 Å². The molecule has 0 radical (unpaired) electrons. The van der Waals surface area contributed by atoms with E-state index in [0.29, 0.717) is 29.5 Å². The van der Waals surface area contributed by atoms with Crippen LogP contribution in [-0.2, 0) is 20.9 Å². The molecule has 302 valence electrons. The molecule has 14 heteroatoms. The molecule has 56 heavy (non-hydrogen) atoms. The molecule has 0 spiro atoms. The summed E-state index contributed by atoms with van der Waals surface area (Å²) < 4.78 is 5.46. The molecule has 1 fully saturated rings. The fraction of sp³-hybridized carbons (Fsp3) is 0.452. The average Bonchev–Trinajstić information content (AvgIpc) is 3.20. The van der Waals surface area contributed by atoms with Crippen molar-refractivity contribution in [2.45, 2.75) is 65.0 Å². The van der Waals surface area contributed by atoms with Crippen molar-refractivity contribution in [3.8, 4) is 0 Å². The van der Waals surface area contributed by atoms with Crippen LogP contribution in [0.2, 0.25) is 5.02 Å². The molecule has 1 unspecified atom stereocenters. The number of benzene rings is 3. The second-order valence-corrected chi connectivity index (χ2v) is 14.4. The van der Waals surface area contributed by atoms with Crippen LogP contribution in [0, 0.1) is 0 Å². The number of ether oxygens (including phenoxy) is 1. The molecule has 2 N–H and O–H groups in total. The van der Waals surface area contributed by atoms with E-state index in [4.69, 9.17) is 22.1 Å². The maximum atomic E-state index is 14.8. The van der Waals surface area contributed by atoms with E-state index in [1.54, 1.807) is 48.3 Å². The van der Waals surface area contributed by atoms with Gasteiger partial charge in [-0.2, -0.15) is 0 Å². The number of hydrogen-bond acceptors (Lipinski definition) is 6. The Morgan fingerprint density at radius 2 is 1.38 bits per heavy atom. The number of unbranched alkanes of at least 4 members (excludes halogenated alkanes) is 4. The van der Waals surface area contributed by atoms with Gasteiger partial charge in [0.15, 0.2) is 0 Å². The summed E-state index contributed by atoms with van der Waals surface area (Å²) in [7, 11) is 1.57. The van der Waals surface area contributed by atoms with Gasteiger partial charge in [-0.3, -0.25) is 19.4 Å². The quantitative estimate of drug-likeness (QED) is 0.138. The predicted octanol–water partition coefficient (Wildman–Crippen LogP) is 6.97. The first-order valence-corrected chi connectivity index (χ1v) is 19.9. The minimum absolute atomic E-state index is 0.00409. The monoisotopic (exact) mass is 789 g/mol. The number of carbonyl (C=O) groups is 5. The fourth-order valence-electron chi connectivity index (χ4n) is 6.56. The van der Waals surface area contributed by atoms with Crippen LogP contribution in [0.1, 0.15) is 57.9 Å².